The normalized spacial score (nSPS) is 19.0. The number of nitrogens with zero attached hydrogens (tertiary/aromatic N) is 3. The molecule has 1 fully saturated rings. The fraction of sp³-hybridized carbons (Fsp3) is 0.409. The van der Waals surface area contributed by atoms with Gasteiger partial charge in [-0.1, -0.05) is 18.2 Å². The van der Waals surface area contributed by atoms with E-state index in [9.17, 15) is 4.79 Å². The number of likely N-dealkylation sites (tertiary alicyclic amines) is 1. The molecule has 2 aromatic heterocycles. The lowest BCUT2D eigenvalue weighted by atomic mass is 9.98. The molecule has 2 amide bonds. The van der Waals surface area contributed by atoms with Crippen LogP contribution in [0, 0.1) is 0 Å². The molecule has 144 valence electrons. The molecule has 0 bridgehead atoms. The number of carbonyl (C=O) groups excluding carboxylic acids is 1. The number of para-hydroxylation sites is 2. The molecule has 6 nitrogen and oxygen atoms in total. The fourth-order valence-corrected chi connectivity index (χ4v) is 4.29. The number of fused-ring (bicyclic) bond motifs is 2. The summed E-state index contributed by atoms with van der Waals surface area (Å²) < 4.78 is 5.93. The van der Waals surface area contributed by atoms with Gasteiger partial charge in [0, 0.05) is 31.5 Å². The monoisotopic (exact) mass is 376 g/mol. The van der Waals surface area contributed by atoms with Gasteiger partial charge in [-0.2, -0.15) is 0 Å². The van der Waals surface area contributed by atoms with Crippen molar-refractivity contribution in [2.24, 2.45) is 0 Å². The third-order valence-electron chi connectivity index (χ3n) is 5.79. The number of rotatable bonds is 3. The first-order valence-corrected chi connectivity index (χ1v) is 10.1. The molecule has 1 atom stereocenters. The number of amides is 2. The third kappa shape index (κ3) is 3.35. The summed E-state index contributed by atoms with van der Waals surface area (Å²) in [5.41, 5.74) is 5.31. The molecule has 1 aliphatic carbocycles. The number of piperidine rings is 1. The maximum atomic E-state index is 12.7. The molecule has 1 N–H and O–H groups in total. The summed E-state index contributed by atoms with van der Waals surface area (Å²) in [7, 11) is 0. The summed E-state index contributed by atoms with van der Waals surface area (Å²) in [6, 6.07) is 9.97. The highest BCUT2D eigenvalue weighted by atomic mass is 16.3. The maximum Gasteiger partial charge on any atom is 0.317 e. The first kappa shape index (κ1) is 17.2. The molecule has 0 radical (unpaired) electrons. The van der Waals surface area contributed by atoms with Crippen molar-refractivity contribution in [1.82, 2.24) is 20.2 Å². The number of hydrogen-bond acceptors (Lipinski definition) is 4. The lowest BCUT2D eigenvalue weighted by Crippen LogP contribution is -2.44. The van der Waals surface area contributed by atoms with Gasteiger partial charge in [-0.05, 0) is 55.4 Å². The Morgan fingerprint density at radius 1 is 1.25 bits per heavy atom. The van der Waals surface area contributed by atoms with Crippen LogP contribution >= 0.6 is 0 Å². The average molecular weight is 376 g/mol. The second-order valence-corrected chi connectivity index (χ2v) is 7.77. The van der Waals surface area contributed by atoms with Crippen LogP contribution in [0.15, 0.2) is 40.9 Å². The van der Waals surface area contributed by atoms with Gasteiger partial charge in [-0.15, -0.1) is 0 Å². The summed E-state index contributed by atoms with van der Waals surface area (Å²) in [6.07, 6.45) is 7.20. The summed E-state index contributed by atoms with van der Waals surface area (Å²) >= 11 is 0. The quantitative estimate of drug-likeness (QED) is 0.755. The number of aromatic nitrogens is 2. The Bertz CT molecular complexity index is 980. The van der Waals surface area contributed by atoms with Gasteiger partial charge in [0.05, 0.1) is 5.92 Å². The number of urea groups is 1. The van der Waals surface area contributed by atoms with E-state index in [0.717, 1.165) is 54.8 Å². The van der Waals surface area contributed by atoms with Crippen LogP contribution in [0.2, 0.25) is 0 Å². The van der Waals surface area contributed by atoms with Crippen molar-refractivity contribution in [3.63, 3.8) is 0 Å². The second kappa shape index (κ2) is 7.26. The molecule has 28 heavy (non-hydrogen) atoms. The van der Waals surface area contributed by atoms with E-state index in [-0.39, 0.29) is 11.9 Å². The molecule has 1 saturated heterocycles. The highest BCUT2D eigenvalue weighted by Crippen LogP contribution is 2.29. The van der Waals surface area contributed by atoms with Crippen LogP contribution in [0.4, 0.5) is 4.79 Å². The van der Waals surface area contributed by atoms with E-state index in [1.165, 1.54) is 17.7 Å². The van der Waals surface area contributed by atoms with Crippen LogP contribution in [-0.2, 0) is 19.4 Å². The van der Waals surface area contributed by atoms with Gasteiger partial charge >= 0.3 is 6.03 Å². The van der Waals surface area contributed by atoms with Gasteiger partial charge in [0.2, 0.25) is 0 Å². The summed E-state index contributed by atoms with van der Waals surface area (Å²) in [5.74, 6) is 0.884. The Kier molecular flexibility index (Phi) is 4.47. The second-order valence-electron chi connectivity index (χ2n) is 7.77. The van der Waals surface area contributed by atoms with E-state index in [1.807, 2.05) is 35.4 Å². The van der Waals surface area contributed by atoms with Crippen LogP contribution in [-0.4, -0.2) is 34.0 Å². The van der Waals surface area contributed by atoms with Gasteiger partial charge in [0.15, 0.2) is 11.5 Å². The zero-order valence-corrected chi connectivity index (χ0v) is 15.9. The number of nitrogens with one attached hydrogen (secondary N) is 1. The molecule has 1 aromatic carbocycles. The van der Waals surface area contributed by atoms with Crippen LogP contribution in [0.1, 0.15) is 47.9 Å². The van der Waals surface area contributed by atoms with Gasteiger partial charge < -0.3 is 14.6 Å². The van der Waals surface area contributed by atoms with Gasteiger partial charge in [0.1, 0.15) is 5.52 Å². The molecule has 6 heteroatoms. The Morgan fingerprint density at radius 3 is 3.11 bits per heavy atom. The molecule has 1 aliphatic heterocycles. The Balaban J connectivity index is 1.22. The minimum atomic E-state index is -0.0266. The molecule has 0 unspecified atom stereocenters. The van der Waals surface area contributed by atoms with Crippen LogP contribution < -0.4 is 5.32 Å². The van der Waals surface area contributed by atoms with Crippen molar-refractivity contribution in [1.29, 1.82) is 0 Å². The number of aryl methyl sites for hydroxylation is 2. The molecular formula is C22H24N4O2. The fourth-order valence-electron chi connectivity index (χ4n) is 4.29. The topological polar surface area (TPSA) is 71.3 Å². The number of carbonyl (C=O) groups is 1. The van der Waals surface area contributed by atoms with Crippen molar-refractivity contribution < 1.29 is 9.21 Å². The molecule has 2 aliphatic rings. The van der Waals surface area contributed by atoms with E-state index in [4.69, 9.17) is 4.42 Å². The summed E-state index contributed by atoms with van der Waals surface area (Å²) in [5, 5.41) is 3.05. The molecule has 3 heterocycles. The van der Waals surface area contributed by atoms with Crippen molar-refractivity contribution in [2.45, 2.75) is 44.6 Å². The SMILES string of the molecule is O=C(NCc1cnc2c(c1)CCC2)N1CCC[C@@H](c2nc3ccccc3o2)C1. The third-order valence-corrected chi connectivity index (χ3v) is 5.79. The van der Waals surface area contributed by atoms with E-state index in [1.54, 1.807) is 0 Å². The standard InChI is InChI=1S/C22H24N4O2/c27-22(24-13-15-11-16-5-3-8-18(16)23-12-15)26-10-4-6-17(14-26)21-25-19-7-1-2-9-20(19)28-21/h1-2,7,9,11-12,17H,3-6,8,10,13-14H2,(H,24,27)/t17-/m1/s1. The van der Waals surface area contributed by atoms with E-state index >= 15 is 0 Å². The molecule has 0 saturated carbocycles. The molecular weight excluding hydrogens is 352 g/mol. The maximum absolute atomic E-state index is 12.7. The number of hydrogen-bond donors (Lipinski definition) is 1. The zero-order chi connectivity index (χ0) is 18.9. The Morgan fingerprint density at radius 2 is 2.18 bits per heavy atom. The van der Waals surface area contributed by atoms with Crippen molar-refractivity contribution >= 4 is 17.1 Å². The summed E-state index contributed by atoms with van der Waals surface area (Å²) in [6.45, 7) is 1.93. The number of benzene rings is 1. The van der Waals surface area contributed by atoms with E-state index in [0.29, 0.717) is 13.1 Å². The number of pyridine rings is 1. The lowest BCUT2D eigenvalue weighted by Gasteiger charge is -2.31. The zero-order valence-electron chi connectivity index (χ0n) is 15.9. The van der Waals surface area contributed by atoms with E-state index < -0.39 is 0 Å². The van der Waals surface area contributed by atoms with Crippen molar-refractivity contribution in [3.05, 3.63) is 59.2 Å². The van der Waals surface area contributed by atoms with Crippen LogP contribution in [0.5, 0.6) is 0 Å². The van der Waals surface area contributed by atoms with Crippen LogP contribution in [0.25, 0.3) is 11.1 Å². The first-order chi connectivity index (χ1) is 13.8. The molecule has 0 spiro atoms. The minimum absolute atomic E-state index is 0.0266. The van der Waals surface area contributed by atoms with E-state index in [2.05, 4.69) is 21.4 Å². The lowest BCUT2D eigenvalue weighted by molar-refractivity contribution is 0.174. The molecule has 3 aromatic rings. The average Bonchev–Trinajstić information content (AvgIpc) is 3.38. The van der Waals surface area contributed by atoms with Gasteiger partial charge in [0.25, 0.3) is 0 Å². The van der Waals surface area contributed by atoms with Crippen LogP contribution in [0.3, 0.4) is 0 Å². The van der Waals surface area contributed by atoms with Gasteiger partial charge in [-0.25, -0.2) is 9.78 Å². The highest BCUT2D eigenvalue weighted by molar-refractivity contribution is 5.74. The minimum Gasteiger partial charge on any atom is -0.440 e. The smallest absolute Gasteiger partial charge is 0.317 e. The Labute approximate surface area is 164 Å². The van der Waals surface area contributed by atoms with Crippen molar-refractivity contribution in [3.8, 4) is 0 Å². The van der Waals surface area contributed by atoms with Gasteiger partial charge in [-0.3, -0.25) is 4.98 Å². The summed E-state index contributed by atoms with van der Waals surface area (Å²) in [4.78, 5) is 23.7. The first-order valence-electron chi connectivity index (χ1n) is 10.1. The predicted molar refractivity (Wildman–Crippen MR) is 106 cm³/mol. The number of oxazole rings is 1. The Hall–Kier alpha value is -2.89. The van der Waals surface area contributed by atoms with Crippen molar-refractivity contribution in [2.75, 3.05) is 13.1 Å². The predicted octanol–water partition coefficient (Wildman–Crippen LogP) is 3.80. The largest absolute Gasteiger partial charge is 0.440 e. The molecule has 5 rings (SSSR count). The highest BCUT2D eigenvalue weighted by Gasteiger charge is 2.28.